The molecular formula is C25H32FN3O3. The highest BCUT2D eigenvalue weighted by Crippen LogP contribution is 2.60. The quantitative estimate of drug-likeness (QED) is 0.658. The summed E-state index contributed by atoms with van der Waals surface area (Å²) in [7, 11) is 0. The molecule has 3 aliphatic carbocycles. The minimum Gasteiger partial charge on any atom is -0.369 e. The lowest BCUT2D eigenvalue weighted by molar-refractivity contribution is -0.157. The molecule has 6 nitrogen and oxygen atoms in total. The molecule has 2 bridgehead atoms. The molecule has 1 aromatic carbocycles. The molecule has 172 valence electrons. The van der Waals surface area contributed by atoms with Crippen LogP contribution in [0.5, 0.6) is 0 Å². The largest absolute Gasteiger partial charge is 0.369 e. The van der Waals surface area contributed by atoms with Crippen molar-refractivity contribution in [3.63, 3.8) is 0 Å². The van der Waals surface area contributed by atoms with E-state index in [4.69, 9.17) is 0 Å². The summed E-state index contributed by atoms with van der Waals surface area (Å²) in [4.78, 5) is 45.1. The predicted octanol–water partition coefficient (Wildman–Crippen LogP) is 2.57. The van der Waals surface area contributed by atoms with E-state index >= 15 is 0 Å². The number of amides is 2. The number of nitrogens with zero attached hydrogens (tertiary/aromatic N) is 3. The van der Waals surface area contributed by atoms with E-state index < -0.39 is 5.92 Å². The zero-order valence-corrected chi connectivity index (χ0v) is 18.9. The zero-order valence-electron chi connectivity index (χ0n) is 18.9. The van der Waals surface area contributed by atoms with Crippen LogP contribution in [0.1, 0.15) is 33.1 Å². The minimum absolute atomic E-state index is 0.0481. The number of Topliss-reactive ketones (excluding diaryl/α,β-unsaturated/α-hetero) is 1. The molecule has 3 saturated carbocycles. The van der Waals surface area contributed by atoms with Gasteiger partial charge >= 0.3 is 0 Å². The Kier molecular flexibility index (Phi) is 5.35. The Labute approximate surface area is 188 Å². The summed E-state index contributed by atoms with van der Waals surface area (Å²) < 4.78 is 13.1. The second-order valence-electron chi connectivity index (χ2n) is 10.5. The van der Waals surface area contributed by atoms with Crippen LogP contribution in [0, 0.1) is 34.9 Å². The van der Waals surface area contributed by atoms with E-state index in [-0.39, 0.29) is 46.6 Å². The van der Waals surface area contributed by atoms with E-state index in [0.29, 0.717) is 13.0 Å². The first kappa shape index (κ1) is 21.6. The number of imide groups is 1. The molecule has 0 spiro atoms. The van der Waals surface area contributed by atoms with Crippen LogP contribution in [0.3, 0.4) is 0 Å². The maximum Gasteiger partial charge on any atom is 0.233 e. The first-order chi connectivity index (χ1) is 15.3. The SMILES string of the molecule is CC1C[C@]2(C)CC(=O)[C@H]1C1C(=O)N(CCCN3CCN(c4ccc(F)cc4)CC3)C(=O)C12. The van der Waals surface area contributed by atoms with Crippen LogP contribution in [-0.4, -0.2) is 66.7 Å². The van der Waals surface area contributed by atoms with Gasteiger partial charge in [0, 0.05) is 50.7 Å². The summed E-state index contributed by atoms with van der Waals surface area (Å²) in [6.07, 6.45) is 2.04. The third-order valence-electron chi connectivity index (χ3n) is 8.35. The van der Waals surface area contributed by atoms with Gasteiger partial charge < -0.3 is 4.90 Å². The summed E-state index contributed by atoms with van der Waals surface area (Å²) in [5.41, 5.74) is 0.669. The number of ketones is 1. The summed E-state index contributed by atoms with van der Waals surface area (Å²) in [5.74, 6) is -1.05. The van der Waals surface area contributed by atoms with Crippen LogP contribution in [0.15, 0.2) is 24.3 Å². The van der Waals surface area contributed by atoms with Crippen LogP contribution in [0.4, 0.5) is 10.1 Å². The molecule has 1 aromatic rings. The fourth-order valence-corrected chi connectivity index (χ4v) is 6.96. The Morgan fingerprint density at radius 1 is 0.969 bits per heavy atom. The summed E-state index contributed by atoms with van der Waals surface area (Å²) in [5, 5.41) is 0. The zero-order chi connectivity index (χ0) is 22.6. The van der Waals surface area contributed by atoms with Crippen molar-refractivity contribution < 1.29 is 18.8 Å². The van der Waals surface area contributed by atoms with Crippen molar-refractivity contribution in [3.05, 3.63) is 30.1 Å². The molecule has 0 radical (unpaired) electrons. The number of anilines is 1. The van der Waals surface area contributed by atoms with Gasteiger partial charge in [0.05, 0.1) is 11.8 Å². The highest BCUT2D eigenvalue weighted by atomic mass is 19.1. The molecule has 5 atom stereocenters. The lowest BCUT2D eigenvalue weighted by Crippen LogP contribution is -2.56. The maximum atomic E-state index is 13.2. The predicted molar refractivity (Wildman–Crippen MR) is 118 cm³/mol. The van der Waals surface area contributed by atoms with Crippen molar-refractivity contribution in [2.24, 2.45) is 29.1 Å². The monoisotopic (exact) mass is 441 g/mol. The Morgan fingerprint density at radius 2 is 1.66 bits per heavy atom. The Balaban J connectivity index is 1.15. The van der Waals surface area contributed by atoms with Crippen LogP contribution >= 0.6 is 0 Å². The number of rotatable bonds is 5. The lowest BCUT2D eigenvalue weighted by Gasteiger charge is -2.52. The molecule has 0 aromatic heterocycles. The van der Waals surface area contributed by atoms with Crippen molar-refractivity contribution in [1.29, 1.82) is 0 Å². The molecule has 2 aliphatic heterocycles. The van der Waals surface area contributed by atoms with Crippen LogP contribution in [0.2, 0.25) is 0 Å². The van der Waals surface area contributed by atoms with Gasteiger partial charge in [0.1, 0.15) is 11.6 Å². The Hall–Kier alpha value is -2.28. The number of carbonyl (C=O) groups is 3. The van der Waals surface area contributed by atoms with Crippen molar-refractivity contribution >= 4 is 23.3 Å². The topological polar surface area (TPSA) is 60.9 Å². The van der Waals surface area contributed by atoms with Gasteiger partial charge in [0.2, 0.25) is 11.8 Å². The summed E-state index contributed by atoms with van der Waals surface area (Å²) >= 11 is 0. The van der Waals surface area contributed by atoms with Crippen molar-refractivity contribution in [3.8, 4) is 0 Å². The van der Waals surface area contributed by atoms with Gasteiger partial charge in [-0.1, -0.05) is 13.8 Å². The smallest absolute Gasteiger partial charge is 0.233 e. The molecule has 32 heavy (non-hydrogen) atoms. The number of benzene rings is 1. The van der Waals surface area contributed by atoms with Crippen LogP contribution in [0.25, 0.3) is 0 Å². The van der Waals surface area contributed by atoms with Gasteiger partial charge in [-0.15, -0.1) is 0 Å². The van der Waals surface area contributed by atoms with Gasteiger partial charge in [-0.2, -0.15) is 0 Å². The first-order valence-electron chi connectivity index (χ1n) is 11.9. The second kappa shape index (κ2) is 7.94. The number of likely N-dealkylation sites (tertiary alicyclic amines) is 1. The van der Waals surface area contributed by atoms with Gasteiger partial charge in [-0.3, -0.25) is 24.2 Å². The van der Waals surface area contributed by atoms with E-state index in [9.17, 15) is 18.8 Å². The van der Waals surface area contributed by atoms with Crippen molar-refractivity contribution in [1.82, 2.24) is 9.80 Å². The average molecular weight is 442 g/mol. The number of piperazine rings is 1. The van der Waals surface area contributed by atoms with Crippen molar-refractivity contribution in [2.75, 3.05) is 44.2 Å². The molecule has 7 heteroatoms. The van der Waals surface area contributed by atoms with E-state index in [1.807, 2.05) is 19.1 Å². The molecular weight excluding hydrogens is 409 g/mol. The van der Waals surface area contributed by atoms with Gasteiger partial charge in [0.15, 0.2) is 0 Å². The Morgan fingerprint density at radius 3 is 2.31 bits per heavy atom. The van der Waals surface area contributed by atoms with E-state index in [2.05, 4.69) is 16.7 Å². The van der Waals surface area contributed by atoms with E-state index in [1.165, 1.54) is 17.0 Å². The third-order valence-corrected chi connectivity index (χ3v) is 8.35. The molecule has 2 saturated heterocycles. The van der Waals surface area contributed by atoms with Gasteiger partial charge in [0.25, 0.3) is 0 Å². The number of hydrogen-bond acceptors (Lipinski definition) is 5. The standard InChI is InChI=1S/C25H32FN3O3/c1-16-14-25(2)15-19(30)20(16)21-22(25)24(32)29(23(21)31)9-3-8-27-10-12-28(13-11-27)18-6-4-17(26)5-7-18/h4-7,16,20-22H,3,8-15H2,1-2H3/t16?,20-,21?,22?,25+/m0/s1. The molecule has 2 heterocycles. The minimum atomic E-state index is -0.434. The van der Waals surface area contributed by atoms with Crippen LogP contribution in [-0.2, 0) is 14.4 Å². The normalized spacial score (nSPS) is 35.0. The van der Waals surface area contributed by atoms with E-state index in [1.54, 1.807) is 0 Å². The lowest BCUT2D eigenvalue weighted by atomic mass is 9.48. The molecule has 5 fully saturated rings. The Bertz CT molecular complexity index is 927. The third kappa shape index (κ3) is 3.45. The molecule has 5 aliphatic rings. The second-order valence-corrected chi connectivity index (χ2v) is 10.5. The number of halogens is 1. The summed E-state index contributed by atoms with van der Waals surface area (Å²) in [6.45, 7) is 8.90. The summed E-state index contributed by atoms with van der Waals surface area (Å²) in [6, 6.07) is 6.61. The van der Waals surface area contributed by atoms with Gasteiger partial charge in [-0.25, -0.2) is 4.39 Å². The maximum absolute atomic E-state index is 13.2. The number of fused-ring (bicyclic) bond motifs is 2. The van der Waals surface area contributed by atoms with Crippen LogP contribution < -0.4 is 4.90 Å². The van der Waals surface area contributed by atoms with Crippen molar-refractivity contribution in [2.45, 2.75) is 33.1 Å². The number of carbonyl (C=O) groups excluding carboxylic acids is 3. The average Bonchev–Trinajstić information content (AvgIpc) is 3.00. The van der Waals surface area contributed by atoms with E-state index in [0.717, 1.165) is 51.3 Å². The highest BCUT2D eigenvalue weighted by molar-refractivity contribution is 6.09. The fraction of sp³-hybridized carbons (Fsp3) is 0.640. The molecule has 6 rings (SSSR count). The molecule has 0 N–H and O–H groups in total. The molecule has 3 unspecified atom stereocenters. The molecule has 2 amide bonds. The highest BCUT2D eigenvalue weighted by Gasteiger charge is 2.66. The van der Waals surface area contributed by atoms with Gasteiger partial charge in [-0.05, 0) is 55.0 Å². The number of hydrogen-bond donors (Lipinski definition) is 0. The first-order valence-corrected chi connectivity index (χ1v) is 11.9. The fourth-order valence-electron chi connectivity index (χ4n) is 6.96.